The third kappa shape index (κ3) is 4.20. The number of hydrogen-bond donors (Lipinski definition) is 1. The fourth-order valence-electron chi connectivity index (χ4n) is 6.24. The molecule has 2 atom stereocenters. The Morgan fingerprint density at radius 3 is 2.49 bits per heavy atom. The van der Waals surface area contributed by atoms with Gasteiger partial charge in [0.25, 0.3) is 5.56 Å². The molecular weight excluding hydrogens is 462 g/mol. The smallest absolute Gasteiger partial charge is 0.261 e. The Labute approximate surface area is 216 Å². The topological polar surface area (TPSA) is 95.0 Å². The summed E-state index contributed by atoms with van der Waals surface area (Å²) in [6.45, 7) is 2.25. The summed E-state index contributed by atoms with van der Waals surface area (Å²) in [6, 6.07) is 18.3. The molecule has 1 saturated carbocycles. The molecule has 6 rings (SSSR count). The molecule has 0 unspecified atom stereocenters. The highest BCUT2D eigenvalue weighted by atomic mass is 16.3. The molecule has 1 aliphatic heterocycles. The van der Waals surface area contributed by atoms with Crippen LogP contribution in [0.1, 0.15) is 55.8 Å². The molecule has 2 aromatic carbocycles. The summed E-state index contributed by atoms with van der Waals surface area (Å²) < 4.78 is 1.65. The standard InChI is InChI=1S/C30H31N5O2/c31-19-30(27-11-5-6-14-32-27)12-15-34(16-13-30)18-21-17-24-28(23-8-2-1-7-22(21)23)33-20-35(29(24)37)25-9-3-4-10-26(25)36/h1-2,5-8,11,14,17,20,25-26,36H,3-4,9-10,12-13,15-16,18H2/t25-,26-/m1/s1. The quantitative estimate of drug-likeness (QED) is 0.421. The molecule has 188 valence electrons. The van der Waals surface area contributed by atoms with Crippen LogP contribution in [0.4, 0.5) is 0 Å². The Morgan fingerprint density at radius 1 is 1.00 bits per heavy atom. The monoisotopic (exact) mass is 493 g/mol. The zero-order valence-corrected chi connectivity index (χ0v) is 20.9. The first-order chi connectivity index (χ1) is 18.1. The number of nitriles is 1. The zero-order valence-electron chi connectivity index (χ0n) is 20.9. The van der Waals surface area contributed by atoms with E-state index in [1.807, 2.05) is 42.5 Å². The third-order valence-electron chi connectivity index (χ3n) is 8.40. The van der Waals surface area contributed by atoms with Gasteiger partial charge in [-0.15, -0.1) is 0 Å². The zero-order chi connectivity index (χ0) is 25.4. The number of pyridine rings is 1. The number of rotatable bonds is 4. The predicted molar refractivity (Wildman–Crippen MR) is 143 cm³/mol. The second-order valence-corrected chi connectivity index (χ2v) is 10.5. The fraction of sp³-hybridized carbons (Fsp3) is 0.400. The van der Waals surface area contributed by atoms with Crippen LogP contribution in [0.2, 0.25) is 0 Å². The van der Waals surface area contributed by atoms with Gasteiger partial charge in [-0.2, -0.15) is 5.26 Å². The molecule has 2 aromatic heterocycles. The lowest BCUT2D eigenvalue weighted by Crippen LogP contribution is -2.42. The van der Waals surface area contributed by atoms with E-state index in [2.05, 4.69) is 22.0 Å². The third-order valence-corrected chi connectivity index (χ3v) is 8.40. The maximum atomic E-state index is 13.7. The Bertz CT molecular complexity index is 1530. The van der Waals surface area contributed by atoms with Crippen molar-refractivity contribution in [1.82, 2.24) is 19.4 Å². The van der Waals surface area contributed by atoms with E-state index < -0.39 is 11.5 Å². The van der Waals surface area contributed by atoms with Gasteiger partial charge in [-0.25, -0.2) is 4.98 Å². The number of likely N-dealkylation sites (tertiary alicyclic amines) is 1. The average Bonchev–Trinajstić information content (AvgIpc) is 2.95. The minimum Gasteiger partial charge on any atom is -0.391 e. The maximum absolute atomic E-state index is 13.7. The first-order valence-electron chi connectivity index (χ1n) is 13.2. The van der Waals surface area contributed by atoms with Crippen LogP contribution >= 0.6 is 0 Å². The average molecular weight is 494 g/mol. The molecule has 0 radical (unpaired) electrons. The van der Waals surface area contributed by atoms with Crippen molar-refractivity contribution >= 4 is 21.7 Å². The van der Waals surface area contributed by atoms with Gasteiger partial charge in [0.15, 0.2) is 0 Å². The Kier molecular flexibility index (Phi) is 6.23. The number of nitrogens with zero attached hydrogens (tertiary/aromatic N) is 5. The van der Waals surface area contributed by atoms with E-state index in [-0.39, 0.29) is 11.6 Å². The molecule has 4 aromatic rings. The Balaban J connectivity index is 1.35. The first-order valence-corrected chi connectivity index (χ1v) is 13.2. The van der Waals surface area contributed by atoms with Gasteiger partial charge in [-0.3, -0.25) is 19.2 Å². The summed E-state index contributed by atoms with van der Waals surface area (Å²) in [6.07, 6.45) is 7.82. The molecule has 2 fully saturated rings. The van der Waals surface area contributed by atoms with Crippen LogP contribution in [0.3, 0.4) is 0 Å². The van der Waals surface area contributed by atoms with E-state index in [0.29, 0.717) is 17.4 Å². The summed E-state index contributed by atoms with van der Waals surface area (Å²) in [5.74, 6) is 0. The van der Waals surface area contributed by atoms with Gasteiger partial charge in [0.05, 0.1) is 41.1 Å². The van der Waals surface area contributed by atoms with E-state index in [4.69, 9.17) is 4.98 Å². The van der Waals surface area contributed by atoms with E-state index in [1.165, 1.54) is 0 Å². The van der Waals surface area contributed by atoms with Crippen LogP contribution in [-0.4, -0.2) is 43.7 Å². The van der Waals surface area contributed by atoms with Crippen LogP contribution in [0.25, 0.3) is 21.7 Å². The highest BCUT2D eigenvalue weighted by Crippen LogP contribution is 2.35. The summed E-state index contributed by atoms with van der Waals surface area (Å²) in [4.78, 5) is 25.3. The van der Waals surface area contributed by atoms with E-state index in [9.17, 15) is 15.2 Å². The molecule has 1 saturated heterocycles. The number of aliphatic hydroxyl groups is 1. The lowest BCUT2D eigenvalue weighted by Gasteiger charge is -2.37. The summed E-state index contributed by atoms with van der Waals surface area (Å²) in [5, 5.41) is 23.3. The van der Waals surface area contributed by atoms with E-state index >= 15 is 0 Å². The van der Waals surface area contributed by atoms with Crippen LogP contribution < -0.4 is 5.56 Å². The van der Waals surface area contributed by atoms with Gasteiger partial charge in [0.2, 0.25) is 0 Å². The SMILES string of the molecule is N#CC1(c2ccccn2)CCN(Cc2cc3c(=O)n([C@@H]4CCCC[C@H]4O)cnc3c3ccccc23)CC1. The Morgan fingerprint density at radius 2 is 1.76 bits per heavy atom. The number of aromatic nitrogens is 3. The lowest BCUT2D eigenvalue weighted by atomic mass is 9.76. The Hall–Kier alpha value is -3.60. The van der Waals surface area contributed by atoms with Crippen LogP contribution in [0.15, 0.2) is 65.8 Å². The molecule has 2 aliphatic rings. The normalized spacial score (nSPS) is 22.2. The van der Waals surface area contributed by atoms with Gasteiger partial charge >= 0.3 is 0 Å². The molecule has 7 nitrogen and oxygen atoms in total. The van der Waals surface area contributed by atoms with Gasteiger partial charge in [0, 0.05) is 31.2 Å². The lowest BCUT2D eigenvalue weighted by molar-refractivity contribution is 0.0735. The molecule has 1 aliphatic carbocycles. The molecule has 0 spiro atoms. The predicted octanol–water partition coefficient (Wildman–Crippen LogP) is 4.48. The molecule has 37 heavy (non-hydrogen) atoms. The van der Waals surface area contributed by atoms with Crippen molar-refractivity contribution in [3.05, 3.63) is 82.7 Å². The van der Waals surface area contributed by atoms with Crippen molar-refractivity contribution in [2.45, 2.75) is 62.6 Å². The minimum absolute atomic E-state index is 0.0831. The van der Waals surface area contributed by atoms with Crippen LogP contribution in [0, 0.1) is 11.3 Å². The molecule has 3 heterocycles. The van der Waals surface area contributed by atoms with Crippen molar-refractivity contribution in [2.24, 2.45) is 0 Å². The van der Waals surface area contributed by atoms with E-state index in [1.54, 1.807) is 17.1 Å². The van der Waals surface area contributed by atoms with E-state index in [0.717, 1.165) is 73.6 Å². The second-order valence-electron chi connectivity index (χ2n) is 10.5. The van der Waals surface area contributed by atoms with Gasteiger partial charge in [0.1, 0.15) is 5.41 Å². The van der Waals surface area contributed by atoms with Gasteiger partial charge in [-0.05, 0) is 54.8 Å². The van der Waals surface area contributed by atoms with Gasteiger partial charge in [-0.1, -0.05) is 43.2 Å². The van der Waals surface area contributed by atoms with Crippen molar-refractivity contribution in [3.63, 3.8) is 0 Å². The first kappa shape index (κ1) is 23.8. The number of piperidine rings is 1. The van der Waals surface area contributed by atoms with Crippen molar-refractivity contribution < 1.29 is 5.11 Å². The van der Waals surface area contributed by atoms with Gasteiger partial charge < -0.3 is 5.11 Å². The molecule has 0 bridgehead atoms. The number of fused-ring (bicyclic) bond motifs is 3. The second kappa shape index (κ2) is 9.70. The van der Waals surface area contributed by atoms with Crippen molar-refractivity contribution in [2.75, 3.05) is 13.1 Å². The summed E-state index contributed by atoms with van der Waals surface area (Å²) in [5.41, 5.74) is 2.02. The molecular formula is C30H31N5O2. The van der Waals surface area contributed by atoms with Crippen molar-refractivity contribution in [3.8, 4) is 6.07 Å². The highest BCUT2D eigenvalue weighted by molar-refractivity contribution is 6.06. The maximum Gasteiger partial charge on any atom is 0.261 e. The molecule has 0 amide bonds. The number of hydrogen-bond acceptors (Lipinski definition) is 6. The largest absolute Gasteiger partial charge is 0.391 e. The van der Waals surface area contributed by atoms with Crippen molar-refractivity contribution in [1.29, 1.82) is 5.26 Å². The summed E-state index contributed by atoms with van der Waals surface area (Å²) >= 11 is 0. The van der Waals surface area contributed by atoms with Crippen LogP contribution in [0.5, 0.6) is 0 Å². The fourth-order valence-corrected chi connectivity index (χ4v) is 6.24. The number of benzene rings is 2. The number of aliphatic hydroxyl groups excluding tert-OH is 1. The highest BCUT2D eigenvalue weighted by Gasteiger charge is 2.37. The van der Waals surface area contributed by atoms with Crippen LogP contribution in [-0.2, 0) is 12.0 Å². The summed E-state index contributed by atoms with van der Waals surface area (Å²) in [7, 11) is 0. The molecule has 1 N–H and O–H groups in total. The molecule has 7 heteroatoms. The minimum atomic E-state index is -0.554.